The SMILES string of the molecule is Cn1nnnc1Sc1cccc(F)c1N. The van der Waals surface area contributed by atoms with Crippen LogP contribution >= 0.6 is 11.8 Å². The molecule has 0 aliphatic rings. The van der Waals surface area contributed by atoms with Crippen LogP contribution in [0.2, 0.25) is 0 Å². The van der Waals surface area contributed by atoms with E-state index in [1.54, 1.807) is 19.2 Å². The lowest BCUT2D eigenvalue weighted by Gasteiger charge is -2.03. The van der Waals surface area contributed by atoms with Crippen LogP contribution in [0.1, 0.15) is 0 Å². The highest BCUT2D eigenvalue weighted by Crippen LogP contribution is 2.31. The van der Waals surface area contributed by atoms with Crippen molar-refractivity contribution in [1.29, 1.82) is 0 Å². The largest absolute Gasteiger partial charge is 0.395 e. The minimum Gasteiger partial charge on any atom is -0.395 e. The van der Waals surface area contributed by atoms with E-state index < -0.39 is 5.82 Å². The Morgan fingerprint density at radius 1 is 1.47 bits per heavy atom. The van der Waals surface area contributed by atoms with Crippen LogP contribution in [0.25, 0.3) is 0 Å². The molecule has 2 rings (SSSR count). The summed E-state index contributed by atoms with van der Waals surface area (Å²) in [6, 6.07) is 4.63. The zero-order valence-corrected chi connectivity index (χ0v) is 8.70. The van der Waals surface area contributed by atoms with Crippen LogP contribution in [0.3, 0.4) is 0 Å². The molecule has 7 heteroatoms. The second kappa shape index (κ2) is 3.85. The van der Waals surface area contributed by atoms with Gasteiger partial charge in [0.05, 0.1) is 5.69 Å². The summed E-state index contributed by atoms with van der Waals surface area (Å²) in [6.45, 7) is 0. The van der Waals surface area contributed by atoms with Gasteiger partial charge in [-0.3, -0.25) is 0 Å². The number of aryl methyl sites for hydroxylation is 1. The van der Waals surface area contributed by atoms with Crippen molar-refractivity contribution >= 4 is 17.4 Å². The van der Waals surface area contributed by atoms with Crippen molar-refractivity contribution in [3.05, 3.63) is 24.0 Å². The van der Waals surface area contributed by atoms with Crippen molar-refractivity contribution in [3.8, 4) is 0 Å². The Balaban J connectivity index is 2.33. The van der Waals surface area contributed by atoms with Gasteiger partial charge < -0.3 is 5.73 Å². The van der Waals surface area contributed by atoms with Crippen molar-refractivity contribution in [2.24, 2.45) is 7.05 Å². The Morgan fingerprint density at radius 2 is 2.27 bits per heavy atom. The predicted octanol–water partition coefficient (Wildman–Crippen LogP) is 1.08. The number of halogens is 1. The molecule has 1 aromatic heterocycles. The lowest BCUT2D eigenvalue weighted by molar-refractivity contribution is 0.629. The summed E-state index contributed by atoms with van der Waals surface area (Å²) < 4.78 is 14.6. The zero-order valence-electron chi connectivity index (χ0n) is 7.88. The van der Waals surface area contributed by atoms with Crippen molar-refractivity contribution in [2.75, 3.05) is 5.73 Å². The minimum atomic E-state index is -0.435. The molecule has 0 fully saturated rings. The van der Waals surface area contributed by atoms with Gasteiger partial charge in [0.15, 0.2) is 0 Å². The number of nitrogens with two attached hydrogens (primary N) is 1. The molecule has 1 heterocycles. The van der Waals surface area contributed by atoms with Crippen molar-refractivity contribution < 1.29 is 4.39 Å². The van der Waals surface area contributed by atoms with Crippen LogP contribution in [0.15, 0.2) is 28.3 Å². The zero-order chi connectivity index (χ0) is 10.8. The molecule has 5 nitrogen and oxygen atoms in total. The molecular weight excluding hydrogens is 217 g/mol. The minimum absolute atomic E-state index is 0.116. The number of para-hydroxylation sites is 1. The number of aromatic nitrogens is 4. The molecule has 15 heavy (non-hydrogen) atoms. The van der Waals surface area contributed by atoms with Gasteiger partial charge in [-0.25, -0.2) is 9.07 Å². The van der Waals surface area contributed by atoms with Crippen LogP contribution < -0.4 is 5.73 Å². The van der Waals surface area contributed by atoms with E-state index in [9.17, 15) is 4.39 Å². The van der Waals surface area contributed by atoms with Crippen LogP contribution in [-0.2, 0) is 7.05 Å². The molecule has 0 aliphatic carbocycles. The molecule has 78 valence electrons. The first kappa shape index (κ1) is 9.91. The molecule has 0 saturated heterocycles. The molecule has 0 unspecified atom stereocenters. The van der Waals surface area contributed by atoms with E-state index in [4.69, 9.17) is 5.73 Å². The molecule has 0 bridgehead atoms. The summed E-state index contributed by atoms with van der Waals surface area (Å²) >= 11 is 1.22. The Hall–Kier alpha value is -1.63. The highest BCUT2D eigenvalue weighted by Gasteiger charge is 2.09. The number of hydrogen-bond acceptors (Lipinski definition) is 5. The summed E-state index contributed by atoms with van der Waals surface area (Å²) in [4.78, 5) is 0.605. The van der Waals surface area contributed by atoms with E-state index in [0.29, 0.717) is 10.1 Å². The third kappa shape index (κ3) is 1.91. The lowest BCUT2D eigenvalue weighted by Crippen LogP contribution is -1.96. The number of benzene rings is 1. The van der Waals surface area contributed by atoms with Gasteiger partial charge in [0.25, 0.3) is 0 Å². The molecule has 0 spiro atoms. The molecule has 2 N–H and O–H groups in total. The molecule has 1 aromatic carbocycles. The summed E-state index contributed by atoms with van der Waals surface area (Å²) in [7, 11) is 1.71. The standard InChI is InChI=1S/C8H8FN5S/c1-14-8(11-12-13-14)15-6-4-2-3-5(9)7(6)10/h2-4H,10H2,1H3. The fraction of sp³-hybridized carbons (Fsp3) is 0.125. The summed E-state index contributed by atoms with van der Waals surface area (Å²) in [6.07, 6.45) is 0. The van der Waals surface area contributed by atoms with Gasteiger partial charge >= 0.3 is 0 Å². The van der Waals surface area contributed by atoms with Gasteiger partial charge in [0.1, 0.15) is 5.82 Å². The molecule has 0 aliphatic heterocycles. The number of anilines is 1. The smallest absolute Gasteiger partial charge is 0.213 e. The van der Waals surface area contributed by atoms with E-state index in [1.807, 2.05) is 0 Å². The Labute approximate surface area is 89.5 Å². The number of nitrogen functional groups attached to an aromatic ring is 1. The lowest BCUT2D eigenvalue weighted by atomic mass is 10.3. The third-order valence-electron chi connectivity index (χ3n) is 1.80. The molecule has 0 saturated carbocycles. The molecule has 0 radical (unpaired) electrons. The van der Waals surface area contributed by atoms with Crippen LogP contribution in [0, 0.1) is 5.82 Å². The maximum Gasteiger partial charge on any atom is 0.213 e. The van der Waals surface area contributed by atoms with Crippen LogP contribution in [0.5, 0.6) is 0 Å². The fourth-order valence-corrected chi connectivity index (χ4v) is 1.81. The van der Waals surface area contributed by atoms with Gasteiger partial charge in [-0.15, -0.1) is 5.10 Å². The van der Waals surface area contributed by atoms with E-state index in [1.165, 1.54) is 22.5 Å². The highest BCUT2D eigenvalue weighted by molar-refractivity contribution is 7.99. The topological polar surface area (TPSA) is 69.6 Å². The Morgan fingerprint density at radius 3 is 2.93 bits per heavy atom. The van der Waals surface area contributed by atoms with Crippen molar-refractivity contribution in [3.63, 3.8) is 0 Å². The first-order chi connectivity index (χ1) is 7.18. The van der Waals surface area contributed by atoms with E-state index >= 15 is 0 Å². The maximum absolute atomic E-state index is 13.1. The second-order valence-electron chi connectivity index (χ2n) is 2.84. The third-order valence-corrected chi connectivity index (χ3v) is 2.90. The van der Waals surface area contributed by atoms with Crippen molar-refractivity contribution in [2.45, 2.75) is 10.1 Å². The predicted molar refractivity (Wildman–Crippen MR) is 53.7 cm³/mol. The number of rotatable bonds is 2. The first-order valence-electron chi connectivity index (χ1n) is 4.12. The van der Waals surface area contributed by atoms with Crippen LogP contribution in [0.4, 0.5) is 10.1 Å². The Kier molecular flexibility index (Phi) is 2.55. The molecule has 0 atom stereocenters. The quantitative estimate of drug-likeness (QED) is 0.774. The van der Waals surface area contributed by atoms with Gasteiger partial charge in [-0.05, 0) is 34.3 Å². The molecule has 2 aromatic rings. The number of tetrazole rings is 1. The van der Waals surface area contributed by atoms with E-state index in [-0.39, 0.29) is 5.69 Å². The maximum atomic E-state index is 13.1. The molecule has 0 amide bonds. The van der Waals surface area contributed by atoms with Gasteiger partial charge in [0.2, 0.25) is 5.16 Å². The highest BCUT2D eigenvalue weighted by atomic mass is 32.2. The van der Waals surface area contributed by atoms with Gasteiger partial charge in [0, 0.05) is 11.9 Å². The number of hydrogen-bond donors (Lipinski definition) is 1. The average molecular weight is 225 g/mol. The van der Waals surface area contributed by atoms with Crippen molar-refractivity contribution in [1.82, 2.24) is 20.2 Å². The fourth-order valence-electron chi connectivity index (χ4n) is 1.01. The average Bonchev–Trinajstić information content (AvgIpc) is 2.60. The van der Waals surface area contributed by atoms with E-state index in [0.717, 1.165) is 0 Å². The number of nitrogens with zero attached hydrogens (tertiary/aromatic N) is 4. The summed E-state index contributed by atoms with van der Waals surface area (Å²) in [5, 5.41) is 11.5. The summed E-state index contributed by atoms with van der Waals surface area (Å²) in [5.41, 5.74) is 5.69. The second-order valence-corrected chi connectivity index (χ2v) is 3.85. The van der Waals surface area contributed by atoms with Gasteiger partial charge in [-0.2, -0.15) is 0 Å². The van der Waals surface area contributed by atoms with E-state index in [2.05, 4.69) is 15.5 Å². The normalized spacial score (nSPS) is 10.5. The van der Waals surface area contributed by atoms with Gasteiger partial charge in [-0.1, -0.05) is 6.07 Å². The monoisotopic (exact) mass is 225 g/mol. The first-order valence-corrected chi connectivity index (χ1v) is 4.94. The van der Waals surface area contributed by atoms with Crippen LogP contribution in [-0.4, -0.2) is 20.2 Å². The Bertz CT molecular complexity index is 484. The summed E-state index contributed by atoms with van der Waals surface area (Å²) in [5.74, 6) is -0.435. The molecular formula is C8H8FN5S.